The summed E-state index contributed by atoms with van der Waals surface area (Å²) < 4.78 is 0. The Balaban J connectivity index is 3.65. The van der Waals surface area contributed by atoms with Gasteiger partial charge in [0.2, 0.25) is 0 Å². The molecule has 0 aromatic rings. The summed E-state index contributed by atoms with van der Waals surface area (Å²) in [7, 11) is 0. The molecular weight excluding hydrogens is 144 g/mol. The molecule has 0 bridgehead atoms. The van der Waals surface area contributed by atoms with Crippen molar-refractivity contribution in [2.24, 2.45) is 5.73 Å². The van der Waals surface area contributed by atoms with E-state index in [9.17, 15) is 19.7 Å². The molecule has 0 rings (SSSR count). The van der Waals surface area contributed by atoms with Gasteiger partial charge in [0.25, 0.3) is 0 Å². The van der Waals surface area contributed by atoms with Crippen molar-refractivity contribution in [3.63, 3.8) is 0 Å². The first kappa shape index (κ1) is 8.14. The van der Waals surface area contributed by atoms with Crippen molar-refractivity contribution in [3.05, 3.63) is 10.1 Å². The summed E-state index contributed by atoms with van der Waals surface area (Å²) in [6.45, 7) is 0. The average Bonchev–Trinajstić information content (AvgIpc) is 1.58. The fraction of sp³-hybridized carbons (Fsp3) is 0. The molecule has 0 aromatic carbocycles. The molecule has 8 nitrogen and oxygen atoms in total. The van der Waals surface area contributed by atoms with Crippen molar-refractivity contribution in [2.75, 3.05) is 0 Å². The Morgan fingerprint density at radius 1 is 1.50 bits per heavy atom. The predicted octanol–water partition coefficient (Wildman–Crippen LogP) is -1.44. The fourth-order valence-electron chi connectivity index (χ4n) is 0.223. The van der Waals surface area contributed by atoms with Gasteiger partial charge in [-0.25, -0.2) is 19.7 Å². The molecule has 8 heteroatoms. The summed E-state index contributed by atoms with van der Waals surface area (Å²) in [5.41, 5.74) is 5.58. The largest absolute Gasteiger partial charge is 0.380 e. The summed E-state index contributed by atoms with van der Waals surface area (Å²) in [5, 5.41) is 9.78. The molecule has 56 valence electrons. The number of nitrogens with zero attached hydrogens (tertiary/aromatic N) is 1. The van der Waals surface area contributed by atoms with Gasteiger partial charge in [-0.2, -0.15) is 0 Å². The number of carbonyl (C=O) groups excluding carboxylic acids is 2. The highest BCUT2D eigenvalue weighted by atomic mass is 16.7. The van der Waals surface area contributed by atoms with Crippen LogP contribution in [-0.2, 0) is 0 Å². The molecule has 0 aliphatic heterocycles. The van der Waals surface area contributed by atoms with E-state index in [2.05, 4.69) is 5.73 Å². The monoisotopic (exact) mass is 148 g/mol. The molecule has 0 atom stereocenters. The van der Waals surface area contributed by atoms with Crippen LogP contribution in [0.4, 0.5) is 9.59 Å². The van der Waals surface area contributed by atoms with Gasteiger partial charge in [-0.1, -0.05) is 5.43 Å². The second-order valence-electron chi connectivity index (χ2n) is 1.19. The molecule has 4 N–H and O–H groups in total. The molecule has 0 aliphatic carbocycles. The third-order valence-corrected chi connectivity index (χ3v) is 0.430. The second kappa shape index (κ2) is 3.22. The van der Waals surface area contributed by atoms with Crippen molar-refractivity contribution < 1.29 is 14.6 Å². The Morgan fingerprint density at radius 3 is 2.30 bits per heavy atom. The molecule has 0 radical (unpaired) electrons. The van der Waals surface area contributed by atoms with Crippen LogP contribution in [0.25, 0.3) is 0 Å². The van der Waals surface area contributed by atoms with E-state index in [0.29, 0.717) is 0 Å². The van der Waals surface area contributed by atoms with Crippen LogP contribution in [0.5, 0.6) is 0 Å². The van der Waals surface area contributed by atoms with Gasteiger partial charge in [-0.05, 0) is 0 Å². The minimum absolute atomic E-state index is 1.11. The van der Waals surface area contributed by atoms with Gasteiger partial charge >= 0.3 is 12.1 Å². The van der Waals surface area contributed by atoms with E-state index in [1.54, 1.807) is 0 Å². The van der Waals surface area contributed by atoms with Gasteiger partial charge in [0, 0.05) is 0 Å². The molecule has 0 aromatic heterocycles. The maximum Gasteiger partial charge on any atom is 0.380 e. The number of imide groups is 1. The number of amides is 4. The highest BCUT2D eigenvalue weighted by molar-refractivity contribution is 5.91. The van der Waals surface area contributed by atoms with Crippen LogP contribution in [0.2, 0.25) is 0 Å². The number of hydrogen-bond acceptors (Lipinski definition) is 4. The molecular formula is C2H4N4O4. The van der Waals surface area contributed by atoms with E-state index >= 15 is 0 Å². The van der Waals surface area contributed by atoms with Gasteiger partial charge < -0.3 is 5.73 Å². The highest BCUT2D eigenvalue weighted by Gasteiger charge is 2.07. The number of rotatable bonds is 1. The highest BCUT2D eigenvalue weighted by Crippen LogP contribution is 1.63. The van der Waals surface area contributed by atoms with Crippen LogP contribution in [0.1, 0.15) is 0 Å². The number of primary amides is 1. The van der Waals surface area contributed by atoms with Gasteiger partial charge in [0.05, 0.1) is 0 Å². The van der Waals surface area contributed by atoms with Crippen LogP contribution < -0.4 is 16.5 Å². The standard InChI is InChI=1S/C2H4N4O4/c3-1(7)4-2(8)5-6(9)10/h(H4,3,4,5,7,8). The minimum Gasteiger partial charge on any atom is -0.351 e. The fourth-order valence-corrected chi connectivity index (χ4v) is 0.223. The second-order valence-corrected chi connectivity index (χ2v) is 1.19. The summed E-state index contributed by atoms with van der Waals surface area (Å²) in [6.07, 6.45) is 0. The van der Waals surface area contributed by atoms with E-state index in [-0.39, 0.29) is 0 Å². The third-order valence-electron chi connectivity index (χ3n) is 0.430. The van der Waals surface area contributed by atoms with Crippen molar-refractivity contribution in [1.29, 1.82) is 0 Å². The number of hydrogen-bond donors (Lipinski definition) is 3. The lowest BCUT2D eigenvalue weighted by Gasteiger charge is -1.93. The van der Waals surface area contributed by atoms with Gasteiger partial charge in [-0.3, -0.25) is 5.32 Å². The first-order chi connectivity index (χ1) is 4.52. The Morgan fingerprint density at radius 2 is 2.00 bits per heavy atom. The first-order valence-electron chi connectivity index (χ1n) is 2.04. The van der Waals surface area contributed by atoms with E-state index < -0.39 is 17.1 Å². The van der Waals surface area contributed by atoms with E-state index in [0.717, 1.165) is 5.43 Å². The van der Waals surface area contributed by atoms with E-state index in [4.69, 9.17) is 0 Å². The first-order valence-corrected chi connectivity index (χ1v) is 2.04. The lowest BCUT2D eigenvalue weighted by atomic mass is 10.9. The maximum absolute atomic E-state index is 10.1. The number of urea groups is 2. The predicted molar refractivity (Wildman–Crippen MR) is 28.2 cm³/mol. The zero-order valence-electron chi connectivity index (χ0n) is 4.66. The van der Waals surface area contributed by atoms with Gasteiger partial charge in [-0.15, -0.1) is 0 Å². The molecule has 0 spiro atoms. The summed E-state index contributed by atoms with van der Waals surface area (Å²) in [5.74, 6) is 0. The molecule has 0 aliphatic rings. The number of carbonyl (C=O) groups is 2. The Kier molecular flexibility index (Phi) is 2.62. The van der Waals surface area contributed by atoms with E-state index in [1.807, 2.05) is 0 Å². The molecule has 0 unspecified atom stereocenters. The van der Waals surface area contributed by atoms with Crippen LogP contribution in [0, 0.1) is 10.1 Å². The normalized spacial score (nSPS) is 8.00. The van der Waals surface area contributed by atoms with Crippen molar-refractivity contribution in [3.8, 4) is 0 Å². The van der Waals surface area contributed by atoms with Gasteiger partial charge in [0.1, 0.15) is 0 Å². The SMILES string of the molecule is NC(=O)NC(=O)N[N+](=O)[O-]. The van der Waals surface area contributed by atoms with Crippen molar-refractivity contribution in [2.45, 2.75) is 0 Å². The Hall–Kier alpha value is -1.86. The summed E-state index contributed by atoms with van der Waals surface area (Å²) >= 11 is 0. The average molecular weight is 148 g/mol. The maximum atomic E-state index is 10.1. The Labute approximate surface area is 54.5 Å². The van der Waals surface area contributed by atoms with Crippen molar-refractivity contribution in [1.82, 2.24) is 10.7 Å². The molecule has 0 saturated heterocycles. The Bertz CT molecular complexity index is 158. The number of nitrogens with two attached hydrogens (primary N) is 1. The molecule has 0 saturated carbocycles. The van der Waals surface area contributed by atoms with Gasteiger partial charge in [0.15, 0.2) is 5.03 Å². The quantitative estimate of drug-likeness (QED) is 0.310. The number of nitro groups is 1. The molecule has 4 amide bonds. The molecule has 0 fully saturated rings. The summed E-state index contributed by atoms with van der Waals surface area (Å²) in [4.78, 5) is 29.4. The minimum atomic E-state index is -1.27. The third kappa shape index (κ3) is 4.30. The smallest absolute Gasteiger partial charge is 0.351 e. The van der Waals surface area contributed by atoms with Crippen LogP contribution in [-0.4, -0.2) is 17.1 Å². The zero-order valence-corrected chi connectivity index (χ0v) is 4.66. The van der Waals surface area contributed by atoms with Crippen LogP contribution >= 0.6 is 0 Å². The molecule has 0 heterocycles. The van der Waals surface area contributed by atoms with Crippen LogP contribution in [0.15, 0.2) is 0 Å². The van der Waals surface area contributed by atoms with Crippen LogP contribution in [0.3, 0.4) is 0 Å². The van der Waals surface area contributed by atoms with E-state index in [1.165, 1.54) is 5.32 Å². The number of hydrazine groups is 1. The number of nitrogens with one attached hydrogen (secondary N) is 2. The zero-order chi connectivity index (χ0) is 8.15. The summed E-state index contributed by atoms with van der Waals surface area (Å²) in [6, 6.07) is -2.42. The lowest BCUT2D eigenvalue weighted by molar-refractivity contribution is -0.527. The topological polar surface area (TPSA) is 127 Å². The lowest BCUT2D eigenvalue weighted by Crippen LogP contribution is -2.44. The van der Waals surface area contributed by atoms with Crippen molar-refractivity contribution >= 4 is 12.1 Å². The molecule has 10 heavy (non-hydrogen) atoms.